The summed E-state index contributed by atoms with van der Waals surface area (Å²) >= 11 is 0. The van der Waals surface area contributed by atoms with E-state index in [1.54, 1.807) is 4.90 Å². The molecule has 26 heavy (non-hydrogen) atoms. The first-order chi connectivity index (χ1) is 12.7. The third-order valence-corrected chi connectivity index (χ3v) is 4.84. The van der Waals surface area contributed by atoms with Crippen molar-refractivity contribution < 1.29 is 19.1 Å². The van der Waals surface area contributed by atoms with Crippen LogP contribution in [0.25, 0.3) is 0 Å². The average Bonchev–Trinajstić information content (AvgIpc) is 2.72. The van der Waals surface area contributed by atoms with Gasteiger partial charge in [0.15, 0.2) is 6.61 Å². The number of benzene rings is 1. The van der Waals surface area contributed by atoms with Gasteiger partial charge < -0.3 is 19.3 Å². The van der Waals surface area contributed by atoms with Crippen LogP contribution in [0.2, 0.25) is 0 Å². The van der Waals surface area contributed by atoms with Crippen molar-refractivity contribution in [2.24, 2.45) is 0 Å². The van der Waals surface area contributed by atoms with Crippen LogP contribution in [0.4, 0.5) is 0 Å². The Bertz CT molecular complexity index is 582. The monoisotopic (exact) mass is 361 g/mol. The van der Waals surface area contributed by atoms with Crippen molar-refractivity contribution >= 4 is 11.8 Å². The zero-order valence-corrected chi connectivity index (χ0v) is 15.1. The fourth-order valence-electron chi connectivity index (χ4n) is 3.19. The number of carbonyl (C=O) groups excluding carboxylic acids is 2. The van der Waals surface area contributed by atoms with Gasteiger partial charge in [0.05, 0.1) is 13.2 Å². The number of morpholine rings is 1. The fourth-order valence-corrected chi connectivity index (χ4v) is 3.19. The Morgan fingerprint density at radius 3 is 2.15 bits per heavy atom. The predicted octanol–water partition coefficient (Wildman–Crippen LogP) is 0.459. The predicted molar refractivity (Wildman–Crippen MR) is 97.0 cm³/mol. The quantitative estimate of drug-likeness (QED) is 0.737. The second-order valence-corrected chi connectivity index (χ2v) is 6.57. The lowest BCUT2D eigenvalue weighted by atomic mass is 10.2. The van der Waals surface area contributed by atoms with Gasteiger partial charge in [0.2, 0.25) is 5.91 Å². The molecule has 2 aliphatic rings. The van der Waals surface area contributed by atoms with Crippen LogP contribution in [0, 0.1) is 0 Å². The summed E-state index contributed by atoms with van der Waals surface area (Å²) in [5.74, 6) is 0.830. The van der Waals surface area contributed by atoms with Crippen LogP contribution in [0.5, 0.6) is 5.75 Å². The van der Waals surface area contributed by atoms with E-state index in [9.17, 15) is 9.59 Å². The van der Waals surface area contributed by atoms with E-state index in [1.807, 2.05) is 35.2 Å². The molecule has 0 N–H and O–H groups in total. The molecule has 0 saturated carbocycles. The molecule has 2 saturated heterocycles. The molecule has 0 unspecified atom stereocenters. The summed E-state index contributed by atoms with van der Waals surface area (Å²) in [4.78, 5) is 30.5. The zero-order chi connectivity index (χ0) is 18.2. The van der Waals surface area contributed by atoms with Crippen molar-refractivity contribution in [2.45, 2.75) is 6.42 Å². The van der Waals surface area contributed by atoms with Crippen LogP contribution in [0.1, 0.15) is 6.42 Å². The molecule has 2 fully saturated rings. The first-order valence-corrected chi connectivity index (χ1v) is 9.26. The van der Waals surface area contributed by atoms with E-state index in [2.05, 4.69) is 4.90 Å². The first-order valence-electron chi connectivity index (χ1n) is 9.26. The maximum atomic E-state index is 12.4. The zero-order valence-electron chi connectivity index (χ0n) is 15.1. The Hall–Kier alpha value is -2.12. The molecule has 0 bridgehead atoms. The Morgan fingerprint density at radius 2 is 1.50 bits per heavy atom. The lowest BCUT2D eigenvalue weighted by molar-refractivity contribution is -0.141. The van der Waals surface area contributed by atoms with E-state index in [4.69, 9.17) is 9.47 Å². The molecule has 2 aliphatic heterocycles. The highest BCUT2D eigenvalue weighted by Gasteiger charge is 2.24. The molecule has 0 spiro atoms. The summed E-state index contributed by atoms with van der Waals surface area (Å²) in [6.07, 6.45) is 0.533. The van der Waals surface area contributed by atoms with Gasteiger partial charge in [0.1, 0.15) is 5.75 Å². The van der Waals surface area contributed by atoms with E-state index in [1.165, 1.54) is 0 Å². The van der Waals surface area contributed by atoms with Crippen LogP contribution in [-0.4, -0.2) is 92.1 Å². The van der Waals surface area contributed by atoms with Gasteiger partial charge in [0, 0.05) is 52.2 Å². The first kappa shape index (κ1) is 18.7. The maximum Gasteiger partial charge on any atom is 0.260 e. The highest BCUT2D eigenvalue weighted by Crippen LogP contribution is 2.10. The molecule has 0 aromatic heterocycles. The van der Waals surface area contributed by atoms with E-state index >= 15 is 0 Å². The lowest BCUT2D eigenvalue weighted by Crippen LogP contribution is -2.52. The van der Waals surface area contributed by atoms with E-state index in [-0.39, 0.29) is 18.4 Å². The minimum absolute atomic E-state index is 0.0331. The van der Waals surface area contributed by atoms with Crippen LogP contribution in [-0.2, 0) is 14.3 Å². The maximum absolute atomic E-state index is 12.4. The van der Waals surface area contributed by atoms with Crippen molar-refractivity contribution in [1.29, 1.82) is 0 Å². The molecule has 2 amide bonds. The van der Waals surface area contributed by atoms with Gasteiger partial charge in [-0.05, 0) is 12.1 Å². The molecule has 7 heteroatoms. The normalized spacial score (nSPS) is 18.6. The second-order valence-electron chi connectivity index (χ2n) is 6.57. The molecule has 7 nitrogen and oxygen atoms in total. The van der Waals surface area contributed by atoms with Gasteiger partial charge in [-0.1, -0.05) is 18.2 Å². The summed E-state index contributed by atoms with van der Waals surface area (Å²) in [5.41, 5.74) is 0. The van der Waals surface area contributed by atoms with Gasteiger partial charge in [-0.3, -0.25) is 14.5 Å². The minimum Gasteiger partial charge on any atom is -0.484 e. The standard InChI is InChI=1S/C19H27N3O4/c23-18(6-7-20-12-14-25-15-13-20)21-8-10-22(11-9-21)19(24)16-26-17-4-2-1-3-5-17/h1-5H,6-16H2. The Balaban J connectivity index is 1.35. The molecule has 1 aromatic rings. The molecule has 142 valence electrons. The average molecular weight is 361 g/mol. The molecule has 2 heterocycles. The lowest BCUT2D eigenvalue weighted by Gasteiger charge is -2.35. The molecular weight excluding hydrogens is 334 g/mol. The molecule has 3 rings (SSSR count). The van der Waals surface area contributed by atoms with Crippen LogP contribution >= 0.6 is 0 Å². The summed E-state index contributed by atoms with van der Waals surface area (Å²) in [6.45, 7) is 6.45. The van der Waals surface area contributed by atoms with Crippen LogP contribution in [0.15, 0.2) is 30.3 Å². The second kappa shape index (κ2) is 9.54. The number of piperazine rings is 1. The van der Waals surface area contributed by atoms with Gasteiger partial charge in [-0.2, -0.15) is 0 Å². The summed E-state index contributed by atoms with van der Waals surface area (Å²) in [5, 5.41) is 0. The summed E-state index contributed by atoms with van der Waals surface area (Å²) in [7, 11) is 0. The van der Waals surface area contributed by atoms with Crippen molar-refractivity contribution in [2.75, 3.05) is 65.6 Å². The number of nitrogens with zero attached hydrogens (tertiary/aromatic N) is 3. The number of ether oxygens (including phenoxy) is 2. The molecule has 0 aliphatic carbocycles. The molecule has 0 atom stereocenters. The Kier molecular flexibility index (Phi) is 6.85. The Morgan fingerprint density at radius 1 is 0.885 bits per heavy atom. The number of hydrogen-bond acceptors (Lipinski definition) is 5. The molecule has 0 radical (unpaired) electrons. The van der Waals surface area contributed by atoms with Gasteiger partial charge in [0.25, 0.3) is 5.91 Å². The SMILES string of the molecule is O=C(CCN1CCOCC1)N1CCN(C(=O)COc2ccccc2)CC1. The number of carbonyl (C=O) groups is 2. The number of rotatable bonds is 6. The highest BCUT2D eigenvalue weighted by atomic mass is 16.5. The highest BCUT2D eigenvalue weighted by molar-refractivity contribution is 5.79. The number of para-hydroxylation sites is 1. The minimum atomic E-state index is -0.0331. The molecular formula is C19H27N3O4. The fraction of sp³-hybridized carbons (Fsp3) is 0.579. The third-order valence-electron chi connectivity index (χ3n) is 4.84. The summed E-state index contributed by atoms with van der Waals surface area (Å²) < 4.78 is 10.8. The van der Waals surface area contributed by atoms with Gasteiger partial charge >= 0.3 is 0 Å². The number of hydrogen-bond donors (Lipinski definition) is 0. The van der Waals surface area contributed by atoms with Gasteiger partial charge in [-0.25, -0.2) is 0 Å². The van der Waals surface area contributed by atoms with E-state index in [0.29, 0.717) is 38.3 Å². The smallest absolute Gasteiger partial charge is 0.260 e. The number of amides is 2. The van der Waals surface area contributed by atoms with Crippen molar-refractivity contribution in [3.8, 4) is 5.75 Å². The van der Waals surface area contributed by atoms with Crippen molar-refractivity contribution in [3.63, 3.8) is 0 Å². The van der Waals surface area contributed by atoms with Gasteiger partial charge in [-0.15, -0.1) is 0 Å². The summed E-state index contributed by atoms with van der Waals surface area (Å²) in [6, 6.07) is 9.32. The topological polar surface area (TPSA) is 62.3 Å². The van der Waals surface area contributed by atoms with Crippen molar-refractivity contribution in [3.05, 3.63) is 30.3 Å². The van der Waals surface area contributed by atoms with Crippen LogP contribution < -0.4 is 4.74 Å². The third kappa shape index (κ3) is 5.44. The molecule has 1 aromatic carbocycles. The van der Waals surface area contributed by atoms with E-state index in [0.717, 1.165) is 32.8 Å². The van der Waals surface area contributed by atoms with Crippen LogP contribution in [0.3, 0.4) is 0 Å². The largest absolute Gasteiger partial charge is 0.484 e. The van der Waals surface area contributed by atoms with E-state index < -0.39 is 0 Å². The Labute approximate surface area is 154 Å². The van der Waals surface area contributed by atoms with Crippen molar-refractivity contribution in [1.82, 2.24) is 14.7 Å².